The molecule has 0 aliphatic heterocycles. The molecule has 5 heteroatoms. The van der Waals surface area contributed by atoms with Crippen LogP contribution in [0.1, 0.15) is 6.42 Å². The first-order valence-electron chi connectivity index (χ1n) is 2.79. The number of nitrogens with two attached hydrogens (primary N) is 1. The van der Waals surface area contributed by atoms with Gasteiger partial charge in [0.05, 0.1) is 6.42 Å². The molecule has 0 aromatic rings. The predicted molar refractivity (Wildman–Crippen MR) is 34.8 cm³/mol. The molecule has 0 aliphatic carbocycles. The van der Waals surface area contributed by atoms with Gasteiger partial charge in [-0.1, -0.05) is 0 Å². The Labute approximate surface area is 59.4 Å². The predicted octanol–water partition coefficient (Wildman–Crippen LogP) is -1.01. The Morgan fingerprint density at radius 2 is 2.10 bits per heavy atom. The summed E-state index contributed by atoms with van der Waals surface area (Å²) < 4.78 is 9.47. The molecular weight excluding hydrogens is 136 g/mol. The van der Waals surface area contributed by atoms with E-state index in [9.17, 15) is 4.79 Å². The monoisotopic (exact) mass is 148 g/mol. The molecule has 0 radical (unpaired) electrons. The number of methoxy groups -OCH3 is 2. The highest BCUT2D eigenvalue weighted by Gasteiger charge is 2.09. The van der Waals surface area contributed by atoms with Gasteiger partial charge >= 0.3 is 0 Å². The molecule has 0 atom stereocenters. The Morgan fingerprint density at radius 1 is 1.60 bits per heavy atom. The van der Waals surface area contributed by atoms with Gasteiger partial charge in [-0.25, -0.2) is 5.84 Å². The van der Waals surface area contributed by atoms with Crippen LogP contribution in [0.2, 0.25) is 0 Å². The van der Waals surface area contributed by atoms with Crippen molar-refractivity contribution in [2.75, 3.05) is 14.2 Å². The van der Waals surface area contributed by atoms with Crippen molar-refractivity contribution in [1.29, 1.82) is 0 Å². The highest BCUT2D eigenvalue weighted by molar-refractivity contribution is 5.75. The summed E-state index contributed by atoms with van der Waals surface area (Å²) in [6.07, 6.45) is -0.396. The van der Waals surface area contributed by atoms with Crippen LogP contribution in [-0.2, 0) is 14.3 Å². The average Bonchev–Trinajstić information content (AvgIpc) is 1.99. The van der Waals surface area contributed by atoms with Crippen LogP contribution < -0.4 is 11.3 Å². The molecule has 1 amide bonds. The van der Waals surface area contributed by atoms with Gasteiger partial charge in [0.15, 0.2) is 6.29 Å². The van der Waals surface area contributed by atoms with Crippen LogP contribution in [0.4, 0.5) is 0 Å². The molecule has 0 aromatic carbocycles. The Balaban J connectivity index is 3.52. The van der Waals surface area contributed by atoms with Crippen molar-refractivity contribution in [2.24, 2.45) is 5.84 Å². The minimum Gasteiger partial charge on any atom is -0.355 e. The van der Waals surface area contributed by atoms with Gasteiger partial charge in [-0.2, -0.15) is 0 Å². The van der Waals surface area contributed by atoms with E-state index in [2.05, 4.69) is 0 Å². The lowest BCUT2D eigenvalue weighted by Gasteiger charge is -2.10. The molecule has 0 heterocycles. The van der Waals surface area contributed by atoms with Gasteiger partial charge in [-0.15, -0.1) is 0 Å². The van der Waals surface area contributed by atoms with Crippen LogP contribution in [0, 0.1) is 0 Å². The average molecular weight is 148 g/mol. The fourth-order valence-corrected chi connectivity index (χ4v) is 0.473. The van der Waals surface area contributed by atoms with Gasteiger partial charge in [-0.3, -0.25) is 10.2 Å². The summed E-state index contributed by atoms with van der Waals surface area (Å²) in [5, 5.41) is 0. The lowest BCUT2D eigenvalue weighted by atomic mass is 10.4. The van der Waals surface area contributed by atoms with Crippen molar-refractivity contribution < 1.29 is 14.3 Å². The summed E-state index contributed by atoms with van der Waals surface area (Å²) in [4.78, 5) is 10.5. The van der Waals surface area contributed by atoms with E-state index < -0.39 is 6.29 Å². The first kappa shape index (κ1) is 9.35. The molecule has 10 heavy (non-hydrogen) atoms. The highest BCUT2D eigenvalue weighted by atomic mass is 16.7. The summed E-state index contributed by atoms with van der Waals surface area (Å²) in [5.74, 6) is 4.51. The molecule has 5 nitrogen and oxygen atoms in total. The number of carbonyl (C=O) groups is 1. The summed E-state index contributed by atoms with van der Waals surface area (Å²) in [6, 6.07) is 0. The summed E-state index contributed by atoms with van der Waals surface area (Å²) >= 11 is 0. The largest absolute Gasteiger partial charge is 0.355 e. The molecule has 0 rings (SSSR count). The maximum absolute atomic E-state index is 10.5. The quantitative estimate of drug-likeness (QED) is 0.232. The summed E-state index contributed by atoms with van der Waals surface area (Å²) in [6.45, 7) is 0. The Morgan fingerprint density at radius 3 is 2.40 bits per heavy atom. The maximum Gasteiger partial charge on any atom is 0.238 e. The maximum atomic E-state index is 10.5. The summed E-state index contributed by atoms with van der Waals surface area (Å²) in [7, 11) is 2.91. The van der Waals surface area contributed by atoms with Crippen molar-refractivity contribution >= 4 is 5.91 Å². The summed E-state index contributed by atoms with van der Waals surface area (Å²) in [5.41, 5.74) is 1.97. The molecule has 0 aliphatic rings. The van der Waals surface area contributed by atoms with Crippen molar-refractivity contribution in [1.82, 2.24) is 5.43 Å². The molecule has 0 aromatic heterocycles. The number of nitrogens with one attached hydrogen (secondary N) is 1. The normalized spacial score (nSPS) is 10.0. The first-order valence-corrected chi connectivity index (χ1v) is 2.79. The van der Waals surface area contributed by atoms with Crippen LogP contribution in [0.3, 0.4) is 0 Å². The van der Waals surface area contributed by atoms with Crippen LogP contribution in [0.15, 0.2) is 0 Å². The minimum absolute atomic E-state index is 0.115. The van der Waals surface area contributed by atoms with E-state index in [1.54, 1.807) is 0 Å². The number of rotatable bonds is 4. The molecule has 0 saturated heterocycles. The van der Waals surface area contributed by atoms with E-state index in [4.69, 9.17) is 15.3 Å². The second-order valence-corrected chi connectivity index (χ2v) is 1.67. The van der Waals surface area contributed by atoms with Crippen LogP contribution in [-0.4, -0.2) is 26.4 Å². The molecule has 60 valence electrons. The second-order valence-electron chi connectivity index (χ2n) is 1.67. The van der Waals surface area contributed by atoms with Gasteiger partial charge < -0.3 is 9.47 Å². The number of amides is 1. The SMILES string of the molecule is COC(CC(=O)NN)OC. The van der Waals surface area contributed by atoms with E-state index in [1.165, 1.54) is 14.2 Å². The number of hydrogen-bond acceptors (Lipinski definition) is 4. The molecule has 0 fully saturated rings. The second kappa shape index (κ2) is 5.16. The van der Waals surface area contributed by atoms with Gasteiger partial charge in [0.25, 0.3) is 0 Å². The van der Waals surface area contributed by atoms with Gasteiger partial charge in [0, 0.05) is 14.2 Å². The number of hydrogen-bond donors (Lipinski definition) is 2. The van der Waals surface area contributed by atoms with E-state index in [0.29, 0.717) is 0 Å². The molecular formula is C5H12N2O3. The first-order chi connectivity index (χ1) is 4.74. The lowest BCUT2D eigenvalue weighted by molar-refractivity contribution is -0.139. The zero-order valence-electron chi connectivity index (χ0n) is 6.09. The highest BCUT2D eigenvalue weighted by Crippen LogP contribution is 1.95. The standard InChI is InChI=1S/C5H12N2O3/c1-9-5(10-2)3-4(8)7-6/h5H,3,6H2,1-2H3,(H,7,8). The zero-order chi connectivity index (χ0) is 7.98. The smallest absolute Gasteiger partial charge is 0.238 e. The Bertz CT molecular complexity index is 103. The van der Waals surface area contributed by atoms with Crippen LogP contribution in [0.5, 0.6) is 0 Å². The topological polar surface area (TPSA) is 73.6 Å². The number of carbonyl (C=O) groups excluding carboxylic acids is 1. The van der Waals surface area contributed by atoms with E-state index in [1.807, 2.05) is 5.43 Å². The third-order valence-corrected chi connectivity index (χ3v) is 1.04. The minimum atomic E-state index is -0.511. The molecule has 0 saturated carbocycles. The fraction of sp³-hybridized carbons (Fsp3) is 0.800. The molecule has 0 spiro atoms. The molecule has 0 unspecified atom stereocenters. The molecule has 3 N–H and O–H groups in total. The number of hydrazine groups is 1. The number of ether oxygens (including phenoxy) is 2. The van der Waals surface area contributed by atoms with Gasteiger partial charge in [-0.05, 0) is 0 Å². The zero-order valence-corrected chi connectivity index (χ0v) is 6.09. The van der Waals surface area contributed by atoms with Crippen LogP contribution in [0.25, 0.3) is 0 Å². The van der Waals surface area contributed by atoms with E-state index in [-0.39, 0.29) is 12.3 Å². The van der Waals surface area contributed by atoms with Crippen molar-refractivity contribution in [3.05, 3.63) is 0 Å². The van der Waals surface area contributed by atoms with Gasteiger partial charge in [0.1, 0.15) is 0 Å². The van der Waals surface area contributed by atoms with Crippen molar-refractivity contribution in [3.63, 3.8) is 0 Å². The van der Waals surface area contributed by atoms with Crippen LogP contribution >= 0.6 is 0 Å². The Hall–Kier alpha value is -0.650. The fourth-order valence-electron chi connectivity index (χ4n) is 0.473. The molecule has 0 bridgehead atoms. The Kier molecular flexibility index (Phi) is 4.82. The lowest BCUT2D eigenvalue weighted by Crippen LogP contribution is -2.33. The van der Waals surface area contributed by atoms with Gasteiger partial charge in [0.2, 0.25) is 5.91 Å². The third-order valence-electron chi connectivity index (χ3n) is 1.04. The van der Waals surface area contributed by atoms with E-state index in [0.717, 1.165) is 0 Å². The van der Waals surface area contributed by atoms with E-state index >= 15 is 0 Å². The van der Waals surface area contributed by atoms with Crippen molar-refractivity contribution in [3.8, 4) is 0 Å². The third kappa shape index (κ3) is 3.39. The van der Waals surface area contributed by atoms with Crippen molar-refractivity contribution in [2.45, 2.75) is 12.7 Å².